The van der Waals surface area contributed by atoms with E-state index in [1.165, 1.54) is 24.0 Å². The maximum atomic E-state index is 5.19. The Kier molecular flexibility index (Phi) is 2.82. The summed E-state index contributed by atoms with van der Waals surface area (Å²) in [5.74, 6) is 1.80. The molecule has 2 heteroatoms. The van der Waals surface area contributed by atoms with Crippen molar-refractivity contribution in [3.8, 4) is 5.75 Å². The highest BCUT2D eigenvalue weighted by atomic mass is 79.9. The van der Waals surface area contributed by atoms with Crippen molar-refractivity contribution < 1.29 is 4.74 Å². The van der Waals surface area contributed by atoms with Crippen LogP contribution in [0.1, 0.15) is 28.8 Å². The first-order chi connectivity index (χ1) is 6.72. The highest BCUT2D eigenvalue weighted by Gasteiger charge is 2.31. The molecule has 1 atom stereocenters. The second-order valence-corrected chi connectivity index (χ2v) is 4.95. The fourth-order valence-corrected chi connectivity index (χ4v) is 2.77. The van der Waals surface area contributed by atoms with E-state index in [4.69, 9.17) is 4.74 Å². The molecule has 0 spiro atoms. The van der Waals surface area contributed by atoms with Crippen LogP contribution in [-0.2, 0) is 0 Å². The smallest absolute Gasteiger partial charge is 0.119 e. The van der Waals surface area contributed by atoms with Crippen LogP contribution in [0.4, 0.5) is 0 Å². The summed E-state index contributed by atoms with van der Waals surface area (Å²) in [4.78, 5) is 0.536. The van der Waals surface area contributed by atoms with Gasteiger partial charge in [-0.3, -0.25) is 0 Å². The van der Waals surface area contributed by atoms with Crippen LogP contribution < -0.4 is 4.74 Å². The molecule has 0 aliphatic heterocycles. The van der Waals surface area contributed by atoms with Gasteiger partial charge in [0.2, 0.25) is 0 Å². The van der Waals surface area contributed by atoms with Gasteiger partial charge in [-0.1, -0.05) is 22.0 Å². The van der Waals surface area contributed by atoms with Gasteiger partial charge in [-0.25, -0.2) is 0 Å². The van der Waals surface area contributed by atoms with Crippen molar-refractivity contribution in [2.45, 2.75) is 24.6 Å². The first-order valence-electron chi connectivity index (χ1n) is 5.01. The maximum absolute atomic E-state index is 5.19. The number of hydrogen-bond donors (Lipinski definition) is 0. The number of ether oxygens (including phenoxy) is 1. The average Bonchev–Trinajstić information content (AvgIpc) is 3.00. The van der Waals surface area contributed by atoms with Gasteiger partial charge in [0.15, 0.2) is 0 Å². The van der Waals surface area contributed by atoms with Gasteiger partial charge in [0.1, 0.15) is 5.75 Å². The van der Waals surface area contributed by atoms with E-state index < -0.39 is 0 Å². The van der Waals surface area contributed by atoms with Gasteiger partial charge in [0, 0.05) is 4.83 Å². The van der Waals surface area contributed by atoms with E-state index in [-0.39, 0.29) is 0 Å². The lowest BCUT2D eigenvalue weighted by molar-refractivity contribution is 0.414. The molecule has 0 bridgehead atoms. The summed E-state index contributed by atoms with van der Waals surface area (Å²) in [6, 6.07) is 6.32. The SMILES string of the molecule is COc1ccc(C(Br)C2CC2)c(C)c1. The number of hydrogen-bond acceptors (Lipinski definition) is 1. The van der Waals surface area contributed by atoms with Crippen molar-refractivity contribution in [2.24, 2.45) is 5.92 Å². The quantitative estimate of drug-likeness (QED) is 0.745. The average molecular weight is 255 g/mol. The van der Waals surface area contributed by atoms with Crippen molar-refractivity contribution in [2.75, 3.05) is 7.11 Å². The standard InChI is InChI=1S/C12H15BrO/c1-8-7-10(14-2)5-6-11(8)12(13)9-3-4-9/h5-7,9,12H,3-4H2,1-2H3. The summed E-state index contributed by atoms with van der Waals surface area (Å²) in [6.45, 7) is 2.15. The van der Waals surface area contributed by atoms with Crippen LogP contribution in [0.25, 0.3) is 0 Å². The van der Waals surface area contributed by atoms with Crippen molar-refractivity contribution in [3.05, 3.63) is 29.3 Å². The second kappa shape index (κ2) is 3.93. The molecular weight excluding hydrogens is 240 g/mol. The van der Waals surface area contributed by atoms with Gasteiger partial charge in [0.05, 0.1) is 7.11 Å². The van der Waals surface area contributed by atoms with Crippen LogP contribution in [0.2, 0.25) is 0 Å². The zero-order chi connectivity index (χ0) is 10.1. The lowest BCUT2D eigenvalue weighted by Gasteiger charge is -2.13. The van der Waals surface area contributed by atoms with Gasteiger partial charge in [0.25, 0.3) is 0 Å². The van der Waals surface area contributed by atoms with Crippen LogP contribution in [0.5, 0.6) is 5.75 Å². The van der Waals surface area contributed by atoms with E-state index >= 15 is 0 Å². The molecule has 76 valence electrons. The molecule has 1 aromatic carbocycles. The molecule has 14 heavy (non-hydrogen) atoms. The van der Waals surface area contributed by atoms with E-state index in [1.807, 2.05) is 6.07 Å². The highest BCUT2D eigenvalue weighted by molar-refractivity contribution is 9.09. The normalized spacial score (nSPS) is 17.9. The summed E-state index contributed by atoms with van der Waals surface area (Å²) in [7, 11) is 1.71. The Labute approximate surface area is 93.6 Å². The molecule has 1 aliphatic rings. The molecule has 1 unspecified atom stereocenters. The van der Waals surface area contributed by atoms with Gasteiger partial charge in [-0.15, -0.1) is 0 Å². The Hall–Kier alpha value is -0.500. The van der Waals surface area contributed by atoms with E-state index in [0.717, 1.165) is 11.7 Å². The van der Waals surface area contributed by atoms with Crippen molar-refractivity contribution >= 4 is 15.9 Å². The number of methoxy groups -OCH3 is 1. The molecule has 0 saturated heterocycles. The summed E-state index contributed by atoms with van der Waals surface area (Å²) >= 11 is 3.77. The third kappa shape index (κ3) is 1.95. The maximum Gasteiger partial charge on any atom is 0.119 e. The third-order valence-corrected chi connectivity index (χ3v) is 4.05. The molecular formula is C12H15BrO. The highest BCUT2D eigenvalue weighted by Crippen LogP contribution is 2.47. The van der Waals surface area contributed by atoms with Gasteiger partial charge >= 0.3 is 0 Å². The largest absolute Gasteiger partial charge is 0.497 e. The van der Waals surface area contributed by atoms with Crippen molar-refractivity contribution in [3.63, 3.8) is 0 Å². The first kappa shape index (κ1) is 10.0. The molecule has 1 fully saturated rings. The minimum absolute atomic E-state index is 0.536. The fourth-order valence-electron chi connectivity index (χ4n) is 1.73. The van der Waals surface area contributed by atoms with Crippen LogP contribution in [0.15, 0.2) is 18.2 Å². The van der Waals surface area contributed by atoms with Crippen LogP contribution in [0.3, 0.4) is 0 Å². The van der Waals surface area contributed by atoms with E-state index in [0.29, 0.717) is 4.83 Å². The van der Waals surface area contributed by atoms with Crippen molar-refractivity contribution in [1.82, 2.24) is 0 Å². The molecule has 0 aromatic heterocycles. The predicted octanol–water partition coefficient (Wildman–Crippen LogP) is 3.85. The van der Waals surface area contributed by atoms with E-state index in [9.17, 15) is 0 Å². The summed E-state index contributed by atoms with van der Waals surface area (Å²) in [5.41, 5.74) is 2.73. The minimum atomic E-state index is 0.536. The summed E-state index contributed by atoms with van der Waals surface area (Å²) in [5, 5.41) is 0. The molecule has 1 aromatic rings. The topological polar surface area (TPSA) is 9.23 Å². The molecule has 2 rings (SSSR count). The zero-order valence-corrected chi connectivity index (χ0v) is 10.2. The monoisotopic (exact) mass is 254 g/mol. The molecule has 1 aliphatic carbocycles. The Bertz CT molecular complexity index is 331. The Morgan fingerprint density at radius 1 is 1.43 bits per heavy atom. The number of benzene rings is 1. The minimum Gasteiger partial charge on any atom is -0.497 e. The fraction of sp³-hybridized carbons (Fsp3) is 0.500. The summed E-state index contributed by atoms with van der Waals surface area (Å²) in [6.07, 6.45) is 2.72. The Balaban J connectivity index is 2.24. The van der Waals surface area contributed by atoms with E-state index in [1.54, 1.807) is 7.11 Å². The van der Waals surface area contributed by atoms with Gasteiger partial charge < -0.3 is 4.74 Å². The molecule has 0 N–H and O–H groups in total. The molecule has 0 heterocycles. The van der Waals surface area contributed by atoms with Crippen molar-refractivity contribution in [1.29, 1.82) is 0 Å². The zero-order valence-electron chi connectivity index (χ0n) is 8.59. The van der Waals surface area contributed by atoms with Crippen LogP contribution in [0, 0.1) is 12.8 Å². The third-order valence-electron chi connectivity index (χ3n) is 2.81. The Morgan fingerprint density at radius 3 is 2.64 bits per heavy atom. The molecule has 0 amide bonds. The first-order valence-corrected chi connectivity index (χ1v) is 5.92. The lowest BCUT2D eigenvalue weighted by atomic mass is 10.0. The summed E-state index contributed by atoms with van der Waals surface area (Å²) < 4.78 is 5.19. The van der Waals surface area contributed by atoms with E-state index in [2.05, 4.69) is 35.0 Å². The molecule has 1 nitrogen and oxygen atoms in total. The van der Waals surface area contributed by atoms with Crippen LogP contribution in [-0.4, -0.2) is 7.11 Å². The predicted molar refractivity (Wildman–Crippen MR) is 62.1 cm³/mol. The molecule has 0 radical (unpaired) electrons. The Morgan fingerprint density at radius 2 is 2.14 bits per heavy atom. The number of rotatable bonds is 3. The molecule has 1 saturated carbocycles. The van der Waals surface area contributed by atoms with Gasteiger partial charge in [-0.05, 0) is 48.9 Å². The van der Waals surface area contributed by atoms with Gasteiger partial charge in [-0.2, -0.15) is 0 Å². The lowest BCUT2D eigenvalue weighted by Crippen LogP contribution is -1.96. The number of alkyl halides is 1. The number of halogens is 1. The second-order valence-electron chi connectivity index (χ2n) is 3.96. The number of aryl methyl sites for hydroxylation is 1. The van der Waals surface area contributed by atoms with Crippen LogP contribution >= 0.6 is 15.9 Å².